The Morgan fingerprint density at radius 2 is 2.00 bits per heavy atom. The second-order valence-corrected chi connectivity index (χ2v) is 5.58. The highest BCUT2D eigenvalue weighted by molar-refractivity contribution is 7.67. The average molecular weight is 235 g/mol. The first kappa shape index (κ1) is 11.7. The summed E-state index contributed by atoms with van der Waals surface area (Å²) in [6.45, 7) is 5.43. The Kier molecular flexibility index (Phi) is 3.72. The van der Waals surface area contributed by atoms with Crippen LogP contribution in [0.3, 0.4) is 0 Å². The van der Waals surface area contributed by atoms with E-state index in [1.165, 1.54) is 0 Å². The SMILES string of the molecule is CCN(CC)c1ccsc1P(=O)(O)O. The van der Waals surface area contributed by atoms with Gasteiger partial charge in [0.05, 0.1) is 5.69 Å². The van der Waals surface area contributed by atoms with Crippen LogP contribution < -0.4 is 9.52 Å². The maximum atomic E-state index is 11.1. The van der Waals surface area contributed by atoms with Gasteiger partial charge in [-0.15, -0.1) is 11.3 Å². The van der Waals surface area contributed by atoms with E-state index in [1.54, 1.807) is 11.4 Å². The quantitative estimate of drug-likeness (QED) is 0.774. The van der Waals surface area contributed by atoms with Gasteiger partial charge in [-0.1, -0.05) is 0 Å². The van der Waals surface area contributed by atoms with Crippen molar-refractivity contribution in [2.24, 2.45) is 0 Å². The summed E-state index contributed by atoms with van der Waals surface area (Å²) in [7, 11) is -4.11. The zero-order chi connectivity index (χ0) is 10.8. The predicted octanol–water partition coefficient (Wildman–Crippen LogP) is 1.40. The molecule has 0 saturated heterocycles. The van der Waals surface area contributed by atoms with Crippen molar-refractivity contribution in [1.82, 2.24) is 0 Å². The van der Waals surface area contributed by atoms with Gasteiger partial charge in [0, 0.05) is 13.1 Å². The average Bonchev–Trinajstić information content (AvgIpc) is 2.54. The summed E-state index contributed by atoms with van der Waals surface area (Å²) in [6, 6.07) is 1.76. The number of hydrogen-bond donors (Lipinski definition) is 2. The van der Waals surface area contributed by atoms with E-state index in [2.05, 4.69) is 0 Å². The van der Waals surface area contributed by atoms with Gasteiger partial charge in [-0.05, 0) is 25.3 Å². The third-order valence-corrected chi connectivity index (χ3v) is 4.49. The van der Waals surface area contributed by atoms with E-state index in [0.29, 0.717) is 5.69 Å². The maximum absolute atomic E-state index is 11.1. The lowest BCUT2D eigenvalue weighted by Crippen LogP contribution is -2.25. The summed E-state index contributed by atoms with van der Waals surface area (Å²) in [5.74, 6) is 0. The van der Waals surface area contributed by atoms with Crippen LogP contribution in [0.1, 0.15) is 13.8 Å². The Morgan fingerprint density at radius 3 is 2.43 bits per heavy atom. The molecular formula is C8H14NO3PS. The zero-order valence-electron chi connectivity index (χ0n) is 8.17. The van der Waals surface area contributed by atoms with Crippen LogP contribution in [0.15, 0.2) is 11.4 Å². The number of hydrogen-bond acceptors (Lipinski definition) is 3. The van der Waals surface area contributed by atoms with Crippen molar-refractivity contribution in [3.63, 3.8) is 0 Å². The van der Waals surface area contributed by atoms with Gasteiger partial charge < -0.3 is 14.7 Å². The summed E-state index contributed by atoms with van der Waals surface area (Å²) in [4.78, 5) is 20.1. The lowest BCUT2D eigenvalue weighted by Gasteiger charge is -2.21. The molecule has 0 radical (unpaired) electrons. The highest BCUT2D eigenvalue weighted by Crippen LogP contribution is 2.40. The second-order valence-electron chi connectivity index (χ2n) is 2.83. The summed E-state index contributed by atoms with van der Waals surface area (Å²) < 4.78 is 11.3. The maximum Gasteiger partial charge on any atom is 0.368 e. The molecule has 0 aliphatic heterocycles. The molecule has 0 aliphatic carbocycles. The minimum absolute atomic E-state index is 0.168. The smallest absolute Gasteiger partial charge is 0.368 e. The minimum atomic E-state index is -4.11. The molecule has 80 valence electrons. The highest BCUT2D eigenvalue weighted by Gasteiger charge is 2.25. The topological polar surface area (TPSA) is 60.8 Å². The molecular weight excluding hydrogens is 221 g/mol. The van der Waals surface area contributed by atoms with Gasteiger partial charge in [-0.2, -0.15) is 0 Å². The third-order valence-electron chi connectivity index (χ3n) is 1.99. The summed E-state index contributed by atoms with van der Waals surface area (Å²) >= 11 is 1.11. The second kappa shape index (κ2) is 4.45. The minimum Gasteiger partial charge on any atom is -0.371 e. The van der Waals surface area contributed by atoms with Gasteiger partial charge in [0.15, 0.2) is 0 Å². The van der Waals surface area contributed by atoms with E-state index < -0.39 is 7.60 Å². The van der Waals surface area contributed by atoms with E-state index in [1.807, 2.05) is 18.7 Å². The van der Waals surface area contributed by atoms with Crippen LogP contribution in [-0.4, -0.2) is 22.9 Å². The predicted molar refractivity (Wildman–Crippen MR) is 59.6 cm³/mol. The molecule has 1 aromatic rings. The number of rotatable bonds is 4. The normalized spacial score (nSPS) is 11.7. The molecule has 0 fully saturated rings. The summed E-state index contributed by atoms with van der Waals surface area (Å²) in [5.41, 5.74) is 0.660. The molecule has 6 heteroatoms. The molecule has 4 nitrogen and oxygen atoms in total. The molecule has 0 amide bonds. The molecule has 0 spiro atoms. The Bertz CT molecular complexity index is 342. The van der Waals surface area contributed by atoms with E-state index in [9.17, 15) is 4.57 Å². The Labute approximate surface area is 87.3 Å². The summed E-state index contributed by atoms with van der Waals surface area (Å²) in [5, 5.41) is 1.71. The Morgan fingerprint density at radius 1 is 1.43 bits per heavy atom. The van der Waals surface area contributed by atoms with Crippen molar-refractivity contribution in [3.05, 3.63) is 11.4 Å². The van der Waals surface area contributed by atoms with Crippen molar-refractivity contribution in [1.29, 1.82) is 0 Å². The van der Waals surface area contributed by atoms with Gasteiger partial charge in [0.2, 0.25) is 0 Å². The molecule has 0 aromatic carbocycles. The number of anilines is 1. The molecule has 14 heavy (non-hydrogen) atoms. The highest BCUT2D eigenvalue weighted by atomic mass is 32.1. The Hall–Kier alpha value is -0.350. The molecule has 0 unspecified atom stereocenters. The summed E-state index contributed by atoms with van der Waals surface area (Å²) in [6.07, 6.45) is 0. The van der Waals surface area contributed by atoms with Crippen molar-refractivity contribution in [3.8, 4) is 0 Å². The van der Waals surface area contributed by atoms with Crippen molar-refractivity contribution in [2.75, 3.05) is 18.0 Å². The van der Waals surface area contributed by atoms with Crippen molar-refractivity contribution < 1.29 is 14.4 Å². The van der Waals surface area contributed by atoms with Crippen LogP contribution >= 0.6 is 18.9 Å². The van der Waals surface area contributed by atoms with Gasteiger partial charge in [0.25, 0.3) is 0 Å². The van der Waals surface area contributed by atoms with E-state index >= 15 is 0 Å². The fourth-order valence-electron chi connectivity index (χ4n) is 1.32. The van der Waals surface area contributed by atoms with Crippen LogP contribution in [0, 0.1) is 0 Å². The van der Waals surface area contributed by atoms with Crippen LogP contribution in [0.25, 0.3) is 0 Å². The Balaban J connectivity index is 3.10. The van der Waals surface area contributed by atoms with E-state index in [4.69, 9.17) is 9.79 Å². The fraction of sp³-hybridized carbons (Fsp3) is 0.500. The van der Waals surface area contributed by atoms with Crippen LogP contribution in [0.5, 0.6) is 0 Å². The molecule has 1 aromatic heterocycles. The molecule has 1 heterocycles. The zero-order valence-corrected chi connectivity index (χ0v) is 9.89. The third kappa shape index (κ3) is 2.36. The molecule has 0 atom stereocenters. The lowest BCUT2D eigenvalue weighted by molar-refractivity contribution is 0.388. The molecule has 0 bridgehead atoms. The van der Waals surface area contributed by atoms with Gasteiger partial charge in [-0.3, -0.25) is 4.57 Å². The lowest BCUT2D eigenvalue weighted by atomic mass is 10.4. The van der Waals surface area contributed by atoms with Crippen LogP contribution in [-0.2, 0) is 4.57 Å². The van der Waals surface area contributed by atoms with E-state index in [-0.39, 0.29) is 4.62 Å². The van der Waals surface area contributed by atoms with Gasteiger partial charge in [0.1, 0.15) is 4.62 Å². The first-order chi connectivity index (χ1) is 6.50. The van der Waals surface area contributed by atoms with Gasteiger partial charge >= 0.3 is 7.60 Å². The monoisotopic (exact) mass is 235 g/mol. The molecule has 1 rings (SSSR count). The van der Waals surface area contributed by atoms with Crippen LogP contribution in [0.2, 0.25) is 0 Å². The van der Waals surface area contributed by atoms with E-state index in [0.717, 1.165) is 24.4 Å². The number of thiophene rings is 1. The fourth-order valence-corrected chi connectivity index (χ4v) is 3.21. The first-order valence-electron chi connectivity index (χ1n) is 4.39. The van der Waals surface area contributed by atoms with Crippen molar-refractivity contribution in [2.45, 2.75) is 13.8 Å². The number of nitrogens with zero attached hydrogens (tertiary/aromatic N) is 1. The molecule has 2 N–H and O–H groups in total. The first-order valence-corrected chi connectivity index (χ1v) is 6.88. The molecule has 0 saturated carbocycles. The molecule has 0 aliphatic rings. The van der Waals surface area contributed by atoms with Crippen LogP contribution in [0.4, 0.5) is 5.69 Å². The standard InChI is InChI=1S/C8H14NO3PS/c1-3-9(4-2)7-5-6-14-8(7)13(10,11)12/h5-6H,3-4H2,1-2H3,(H2,10,11,12). The van der Waals surface area contributed by atoms with Gasteiger partial charge in [-0.25, -0.2) is 0 Å². The van der Waals surface area contributed by atoms with Crippen molar-refractivity contribution >= 4 is 29.2 Å². The largest absolute Gasteiger partial charge is 0.371 e.